The maximum Gasteiger partial charge on any atom is 0.323 e. The standard InChI is InChI=1S/C9H9NO4S/c1-13-3-7-10-6(4-15-7)5-2-8(11)14-9(5)12/h4-5H,2-3H2,1H3. The molecule has 0 spiro atoms. The van der Waals surface area contributed by atoms with Gasteiger partial charge in [-0.25, -0.2) is 4.98 Å². The summed E-state index contributed by atoms with van der Waals surface area (Å²) < 4.78 is 9.37. The molecule has 0 saturated carbocycles. The molecule has 1 aliphatic rings. The Labute approximate surface area is 90.0 Å². The molecular weight excluding hydrogens is 218 g/mol. The van der Waals surface area contributed by atoms with Crippen LogP contribution in [0.1, 0.15) is 23.0 Å². The van der Waals surface area contributed by atoms with Crippen LogP contribution in [0.4, 0.5) is 0 Å². The van der Waals surface area contributed by atoms with Gasteiger partial charge in [0, 0.05) is 12.5 Å². The van der Waals surface area contributed by atoms with Crippen LogP contribution in [0, 0.1) is 0 Å². The van der Waals surface area contributed by atoms with Gasteiger partial charge >= 0.3 is 11.9 Å². The Morgan fingerprint density at radius 1 is 1.67 bits per heavy atom. The number of rotatable bonds is 3. The molecule has 80 valence electrons. The second-order valence-corrected chi connectivity index (χ2v) is 4.09. The minimum absolute atomic E-state index is 0.0923. The zero-order valence-electron chi connectivity index (χ0n) is 8.06. The van der Waals surface area contributed by atoms with E-state index in [1.165, 1.54) is 11.3 Å². The first-order valence-electron chi connectivity index (χ1n) is 4.38. The molecular formula is C9H9NO4S. The van der Waals surface area contributed by atoms with Crippen LogP contribution in [-0.2, 0) is 25.7 Å². The summed E-state index contributed by atoms with van der Waals surface area (Å²) in [6, 6.07) is 0. The summed E-state index contributed by atoms with van der Waals surface area (Å²) >= 11 is 1.41. The molecule has 1 fully saturated rings. The molecule has 2 heterocycles. The van der Waals surface area contributed by atoms with Gasteiger partial charge in [-0.05, 0) is 0 Å². The van der Waals surface area contributed by atoms with Crippen molar-refractivity contribution in [3.05, 3.63) is 16.1 Å². The van der Waals surface area contributed by atoms with Crippen molar-refractivity contribution in [3.63, 3.8) is 0 Å². The second kappa shape index (κ2) is 4.08. The number of aromatic nitrogens is 1. The Kier molecular flexibility index (Phi) is 2.79. The van der Waals surface area contributed by atoms with E-state index in [1.807, 2.05) is 0 Å². The van der Waals surface area contributed by atoms with Gasteiger partial charge < -0.3 is 9.47 Å². The molecule has 0 amide bonds. The van der Waals surface area contributed by atoms with E-state index >= 15 is 0 Å². The van der Waals surface area contributed by atoms with Crippen molar-refractivity contribution in [1.82, 2.24) is 4.98 Å². The molecule has 1 unspecified atom stereocenters. The van der Waals surface area contributed by atoms with Gasteiger partial charge in [-0.15, -0.1) is 11.3 Å². The Balaban J connectivity index is 2.15. The maximum absolute atomic E-state index is 11.2. The number of cyclic esters (lactones) is 2. The highest BCUT2D eigenvalue weighted by atomic mass is 32.1. The molecule has 0 N–H and O–H groups in total. The minimum atomic E-state index is -0.528. The highest BCUT2D eigenvalue weighted by Crippen LogP contribution is 2.28. The molecule has 15 heavy (non-hydrogen) atoms. The normalized spacial score (nSPS) is 20.7. The molecule has 0 aliphatic carbocycles. The van der Waals surface area contributed by atoms with E-state index in [4.69, 9.17) is 4.74 Å². The Morgan fingerprint density at radius 2 is 2.47 bits per heavy atom. The van der Waals surface area contributed by atoms with Crippen molar-refractivity contribution in [2.75, 3.05) is 7.11 Å². The minimum Gasteiger partial charge on any atom is -0.393 e. The third kappa shape index (κ3) is 2.05. The van der Waals surface area contributed by atoms with Crippen LogP contribution < -0.4 is 0 Å². The number of methoxy groups -OCH3 is 1. The fourth-order valence-electron chi connectivity index (χ4n) is 1.38. The number of ether oxygens (including phenoxy) is 2. The van der Waals surface area contributed by atoms with E-state index in [-0.39, 0.29) is 6.42 Å². The largest absolute Gasteiger partial charge is 0.393 e. The van der Waals surface area contributed by atoms with Crippen molar-refractivity contribution in [2.24, 2.45) is 0 Å². The molecule has 0 bridgehead atoms. The lowest BCUT2D eigenvalue weighted by atomic mass is 10.1. The van der Waals surface area contributed by atoms with Crippen LogP contribution >= 0.6 is 11.3 Å². The number of hydrogen-bond acceptors (Lipinski definition) is 6. The molecule has 1 aromatic rings. The monoisotopic (exact) mass is 227 g/mol. The molecule has 2 rings (SSSR count). The third-order valence-corrected chi connectivity index (χ3v) is 2.90. The number of esters is 2. The quantitative estimate of drug-likeness (QED) is 0.565. The van der Waals surface area contributed by atoms with Crippen LogP contribution in [0.3, 0.4) is 0 Å². The molecule has 0 aromatic carbocycles. The summed E-state index contributed by atoms with van der Waals surface area (Å²) in [5.41, 5.74) is 0.600. The van der Waals surface area contributed by atoms with Gasteiger partial charge in [0.1, 0.15) is 10.9 Å². The van der Waals surface area contributed by atoms with Crippen molar-refractivity contribution in [3.8, 4) is 0 Å². The van der Waals surface area contributed by atoms with Crippen molar-refractivity contribution in [1.29, 1.82) is 0 Å². The van der Waals surface area contributed by atoms with Crippen LogP contribution in [-0.4, -0.2) is 24.0 Å². The summed E-state index contributed by atoms with van der Waals surface area (Å²) in [4.78, 5) is 26.3. The first-order valence-corrected chi connectivity index (χ1v) is 5.26. The fourth-order valence-corrected chi connectivity index (χ4v) is 2.19. The van der Waals surface area contributed by atoms with E-state index in [0.717, 1.165) is 5.01 Å². The summed E-state index contributed by atoms with van der Waals surface area (Å²) in [6.07, 6.45) is 0.0923. The zero-order valence-corrected chi connectivity index (χ0v) is 8.87. The van der Waals surface area contributed by atoms with Gasteiger partial charge in [-0.2, -0.15) is 0 Å². The molecule has 0 radical (unpaired) electrons. The summed E-state index contributed by atoms with van der Waals surface area (Å²) in [7, 11) is 1.58. The SMILES string of the molecule is COCc1nc(C2CC(=O)OC2=O)cs1. The average molecular weight is 227 g/mol. The van der Waals surface area contributed by atoms with Crippen molar-refractivity contribution in [2.45, 2.75) is 18.9 Å². The van der Waals surface area contributed by atoms with Crippen molar-refractivity contribution < 1.29 is 19.1 Å². The van der Waals surface area contributed by atoms with E-state index in [2.05, 4.69) is 9.72 Å². The molecule has 1 atom stereocenters. The van der Waals surface area contributed by atoms with Crippen LogP contribution in [0.15, 0.2) is 5.38 Å². The number of nitrogens with zero attached hydrogens (tertiary/aromatic N) is 1. The average Bonchev–Trinajstić information content (AvgIpc) is 2.73. The first kappa shape index (κ1) is 10.3. The summed E-state index contributed by atoms with van der Waals surface area (Å²) in [5, 5.41) is 2.55. The number of carbonyl (C=O) groups is 2. The fraction of sp³-hybridized carbons (Fsp3) is 0.444. The lowest BCUT2D eigenvalue weighted by Crippen LogP contribution is -2.06. The van der Waals surface area contributed by atoms with Crippen LogP contribution in [0.2, 0.25) is 0 Å². The van der Waals surface area contributed by atoms with Gasteiger partial charge in [0.2, 0.25) is 0 Å². The zero-order chi connectivity index (χ0) is 10.8. The third-order valence-electron chi connectivity index (χ3n) is 2.06. The molecule has 6 heteroatoms. The smallest absolute Gasteiger partial charge is 0.323 e. The van der Waals surface area contributed by atoms with Crippen LogP contribution in [0.25, 0.3) is 0 Å². The topological polar surface area (TPSA) is 65.5 Å². The predicted molar refractivity (Wildman–Crippen MR) is 51.3 cm³/mol. The molecule has 5 nitrogen and oxygen atoms in total. The predicted octanol–water partition coefficient (Wildman–Crippen LogP) is 0.847. The highest BCUT2D eigenvalue weighted by Gasteiger charge is 2.36. The summed E-state index contributed by atoms with van der Waals surface area (Å²) in [5.74, 6) is -1.51. The van der Waals surface area contributed by atoms with Crippen LogP contribution in [0.5, 0.6) is 0 Å². The Bertz CT molecular complexity index is 401. The van der Waals surface area contributed by atoms with Gasteiger partial charge in [0.05, 0.1) is 18.7 Å². The van der Waals surface area contributed by atoms with Gasteiger partial charge in [-0.3, -0.25) is 9.59 Å². The van der Waals surface area contributed by atoms with E-state index in [1.54, 1.807) is 12.5 Å². The molecule has 1 aliphatic heterocycles. The van der Waals surface area contributed by atoms with Gasteiger partial charge in [-0.1, -0.05) is 0 Å². The molecule has 1 aromatic heterocycles. The van der Waals surface area contributed by atoms with Crippen molar-refractivity contribution >= 4 is 23.3 Å². The number of thiazole rings is 1. The molecule has 1 saturated heterocycles. The van der Waals surface area contributed by atoms with Gasteiger partial charge in [0.15, 0.2) is 0 Å². The maximum atomic E-state index is 11.2. The summed E-state index contributed by atoms with van der Waals surface area (Å²) in [6.45, 7) is 0.417. The number of carbonyl (C=O) groups excluding carboxylic acids is 2. The van der Waals surface area contributed by atoms with E-state index < -0.39 is 17.9 Å². The Morgan fingerprint density at radius 3 is 3.07 bits per heavy atom. The van der Waals surface area contributed by atoms with Gasteiger partial charge in [0.25, 0.3) is 0 Å². The first-order chi connectivity index (χ1) is 7.20. The second-order valence-electron chi connectivity index (χ2n) is 3.15. The number of hydrogen-bond donors (Lipinski definition) is 0. The Hall–Kier alpha value is -1.27. The van der Waals surface area contributed by atoms with E-state index in [0.29, 0.717) is 12.3 Å². The van der Waals surface area contributed by atoms with E-state index in [9.17, 15) is 9.59 Å². The lowest BCUT2D eigenvalue weighted by Gasteiger charge is -1.98. The highest BCUT2D eigenvalue weighted by molar-refractivity contribution is 7.09. The lowest BCUT2D eigenvalue weighted by molar-refractivity contribution is -0.152.